The fourth-order valence-electron chi connectivity index (χ4n) is 3.88. The minimum atomic E-state index is -0.761. The Morgan fingerprint density at radius 3 is 2.89 bits per heavy atom. The number of amides is 1. The van der Waals surface area contributed by atoms with E-state index in [2.05, 4.69) is 6.92 Å². The molecule has 3 aromatic rings. The van der Waals surface area contributed by atoms with E-state index in [9.17, 15) is 9.59 Å². The number of fused-ring (bicyclic) bond motifs is 3. The van der Waals surface area contributed by atoms with Gasteiger partial charge in [0.05, 0.1) is 5.39 Å². The number of hydrogen-bond acceptors (Lipinski definition) is 4. The van der Waals surface area contributed by atoms with Crippen LogP contribution in [0, 0.1) is 12.8 Å². The lowest BCUT2D eigenvalue weighted by atomic mass is 9.89. The Morgan fingerprint density at radius 1 is 1.41 bits per heavy atom. The minimum absolute atomic E-state index is 0.158. The average Bonchev–Trinajstić information content (AvgIpc) is 2.98. The molecule has 2 N–H and O–H groups in total. The molecule has 5 nitrogen and oxygen atoms in total. The van der Waals surface area contributed by atoms with Crippen LogP contribution in [0.15, 0.2) is 29.1 Å². The molecule has 0 saturated heterocycles. The Hall–Kier alpha value is -2.47. The summed E-state index contributed by atoms with van der Waals surface area (Å²) in [5, 5.41) is 0.673. The largest absolute Gasteiger partial charge is 0.368 e. The number of primary amides is 1. The van der Waals surface area contributed by atoms with Gasteiger partial charge in [-0.05, 0) is 50.7 Å². The van der Waals surface area contributed by atoms with Gasteiger partial charge in [0, 0.05) is 10.4 Å². The zero-order chi connectivity index (χ0) is 19.3. The summed E-state index contributed by atoms with van der Waals surface area (Å²) in [7, 11) is 0. The van der Waals surface area contributed by atoms with Crippen molar-refractivity contribution >= 4 is 27.5 Å². The van der Waals surface area contributed by atoms with Crippen molar-refractivity contribution in [2.45, 2.75) is 46.1 Å². The number of aryl methyl sites for hydroxylation is 2. The van der Waals surface area contributed by atoms with Crippen molar-refractivity contribution in [1.29, 1.82) is 0 Å². The monoisotopic (exact) mass is 381 g/mol. The van der Waals surface area contributed by atoms with Gasteiger partial charge in [0.1, 0.15) is 16.7 Å². The molecule has 2 atom stereocenters. The van der Waals surface area contributed by atoms with Gasteiger partial charge in [0.15, 0.2) is 0 Å². The zero-order valence-corrected chi connectivity index (χ0v) is 16.6. The van der Waals surface area contributed by atoms with Crippen molar-refractivity contribution in [3.8, 4) is 11.4 Å². The van der Waals surface area contributed by atoms with E-state index in [0.29, 0.717) is 17.1 Å². The van der Waals surface area contributed by atoms with Gasteiger partial charge in [-0.3, -0.25) is 14.2 Å². The first-order chi connectivity index (χ1) is 12.9. The maximum Gasteiger partial charge on any atom is 0.263 e. The SMILES string of the molecule is Cc1cccc(-c2nc3sc4c(c3c(=O)n2C(C)C(N)=O)CCC(C)C4)c1. The predicted octanol–water partition coefficient (Wildman–Crippen LogP) is 3.60. The molecule has 0 radical (unpaired) electrons. The Labute approximate surface area is 161 Å². The number of nitrogens with zero attached hydrogens (tertiary/aromatic N) is 2. The minimum Gasteiger partial charge on any atom is -0.368 e. The third-order valence-electron chi connectivity index (χ3n) is 5.44. The van der Waals surface area contributed by atoms with Gasteiger partial charge in [0.2, 0.25) is 5.91 Å². The molecule has 6 heteroatoms. The number of thiophene rings is 1. The molecule has 2 heterocycles. The summed E-state index contributed by atoms with van der Waals surface area (Å²) < 4.78 is 1.48. The van der Waals surface area contributed by atoms with Crippen molar-refractivity contribution in [1.82, 2.24) is 9.55 Å². The predicted molar refractivity (Wildman–Crippen MR) is 109 cm³/mol. The lowest BCUT2D eigenvalue weighted by Gasteiger charge is -2.19. The number of aromatic nitrogens is 2. The molecular weight excluding hydrogens is 358 g/mol. The van der Waals surface area contributed by atoms with Gasteiger partial charge in [-0.25, -0.2) is 4.98 Å². The number of carbonyl (C=O) groups is 1. The summed E-state index contributed by atoms with van der Waals surface area (Å²) >= 11 is 1.62. The molecule has 1 aromatic carbocycles. The highest BCUT2D eigenvalue weighted by Crippen LogP contribution is 2.37. The lowest BCUT2D eigenvalue weighted by molar-refractivity contribution is -0.120. The van der Waals surface area contributed by atoms with Crippen LogP contribution in [0.4, 0.5) is 0 Å². The topological polar surface area (TPSA) is 78.0 Å². The Morgan fingerprint density at radius 2 is 2.19 bits per heavy atom. The summed E-state index contributed by atoms with van der Waals surface area (Å²) in [6.07, 6.45) is 2.95. The molecule has 1 aliphatic carbocycles. The van der Waals surface area contributed by atoms with Crippen LogP contribution in [0.2, 0.25) is 0 Å². The Kier molecular flexibility index (Phi) is 4.38. The normalized spacial score (nSPS) is 17.7. The summed E-state index contributed by atoms with van der Waals surface area (Å²) in [6.45, 7) is 5.90. The van der Waals surface area contributed by atoms with Crippen molar-refractivity contribution < 1.29 is 4.79 Å². The quantitative estimate of drug-likeness (QED) is 0.753. The van der Waals surface area contributed by atoms with E-state index >= 15 is 0 Å². The second kappa shape index (κ2) is 6.60. The van der Waals surface area contributed by atoms with Gasteiger partial charge >= 0.3 is 0 Å². The van der Waals surface area contributed by atoms with Crippen LogP contribution in [0.25, 0.3) is 21.6 Å². The highest BCUT2D eigenvalue weighted by Gasteiger charge is 2.27. The summed E-state index contributed by atoms with van der Waals surface area (Å²) in [5.74, 6) is 0.590. The van der Waals surface area contributed by atoms with E-state index in [-0.39, 0.29) is 5.56 Å². The van der Waals surface area contributed by atoms with E-state index in [0.717, 1.165) is 40.8 Å². The molecule has 2 unspecified atom stereocenters. The van der Waals surface area contributed by atoms with Crippen molar-refractivity contribution in [3.05, 3.63) is 50.6 Å². The first-order valence-electron chi connectivity index (χ1n) is 9.30. The number of rotatable bonds is 3. The maximum atomic E-state index is 13.5. The summed E-state index contributed by atoms with van der Waals surface area (Å²) in [5.41, 5.74) is 8.42. The van der Waals surface area contributed by atoms with E-state index in [1.807, 2.05) is 31.2 Å². The maximum absolute atomic E-state index is 13.5. The number of hydrogen-bond donors (Lipinski definition) is 1. The third kappa shape index (κ3) is 2.98. The zero-order valence-electron chi connectivity index (χ0n) is 15.8. The number of nitrogens with two attached hydrogens (primary N) is 1. The molecule has 140 valence electrons. The standard InChI is InChI=1S/C21H23N3O2S/c1-11-5-4-6-14(9-11)19-23-20-17(21(26)24(19)13(3)18(22)25)15-8-7-12(2)10-16(15)27-20/h4-6,9,12-13H,7-8,10H2,1-3H3,(H2,22,25). The molecule has 0 bridgehead atoms. The van der Waals surface area contributed by atoms with Gasteiger partial charge in [-0.1, -0.05) is 30.7 Å². The average molecular weight is 382 g/mol. The van der Waals surface area contributed by atoms with Gasteiger partial charge in [-0.15, -0.1) is 11.3 Å². The van der Waals surface area contributed by atoms with Crippen LogP contribution in [0.5, 0.6) is 0 Å². The molecule has 4 rings (SSSR count). The summed E-state index contributed by atoms with van der Waals surface area (Å²) in [6, 6.07) is 7.06. The van der Waals surface area contributed by atoms with Crippen LogP contribution in [-0.4, -0.2) is 15.5 Å². The van der Waals surface area contributed by atoms with Gasteiger partial charge in [-0.2, -0.15) is 0 Å². The van der Waals surface area contributed by atoms with E-state index in [1.54, 1.807) is 18.3 Å². The smallest absolute Gasteiger partial charge is 0.263 e. The van der Waals surface area contributed by atoms with Crippen LogP contribution in [0.3, 0.4) is 0 Å². The van der Waals surface area contributed by atoms with E-state index in [4.69, 9.17) is 10.7 Å². The third-order valence-corrected chi connectivity index (χ3v) is 6.58. The van der Waals surface area contributed by atoms with Crippen molar-refractivity contribution in [3.63, 3.8) is 0 Å². The fraction of sp³-hybridized carbons (Fsp3) is 0.381. The highest BCUT2D eigenvalue weighted by atomic mass is 32.1. The summed E-state index contributed by atoms with van der Waals surface area (Å²) in [4.78, 5) is 32.3. The number of benzene rings is 1. The molecule has 0 spiro atoms. The van der Waals surface area contributed by atoms with E-state index in [1.165, 1.54) is 9.44 Å². The number of carbonyl (C=O) groups excluding carboxylic acids is 1. The van der Waals surface area contributed by atoms with Crippen molar-refractivity contribution in [2.75, 3.05) is 0 Å². The molecule has 0 aliphatic heterocycles. The molecule has 1 aliphatic rings. The van der Waals surface area contributed by atoms with E-state index < -0.39 is 11.9 Å². The fourth-order valence-corrected chi connectivity index (χ4v) is 5.25. The van der Waals surface area contributed by atoms with Crippen LogP contribution in [-0.2, 0) is 17.6 Å². The molecule has 0 fully saturated rings. The van der Waals surface area contributed by atoms with Crippen LogP contribution in [0.1, 0.15) is 42.3 Å². The first kappa shape index (κ1) is 17.9. The lowest BCUT2D eigenvalue weighted by Crippen LogP contribution is -2.34. The second-order valence-electron chi connectivity index (χ2n) is 7.59. The highest BCUT2D eigenvalue weighted by molar-refractivity contribution is 7.18. The molecule has 1 amide bonds. The Balaban J connectivity index is 2.06. The second-order valence-corrected chi connectivity index (χ2v) is 8.67. The molecule has 2 aromatic heterocycles. The van der Waals surface area contributed by atoms with Crippen molar-refractivity contribution in [2.24, 2.45) is 11.7 Å². The van der Waals surface area contributed by atoms with Crippen LogP contribution >= 0.6 is 11.3 Å². The van der Waals surface area contributed by atoms with Gasteiger partial charge < -0.3 is 5.73 Å². The molecule has 27 heavy (non-hydrogen) atoms. The first-order valence-corrected chi connectivity index (χ1v) is 10.1. The molecular formula is C21H23N3O2S. The van der Waals surface area contributed by atoms with Gasteiger partial charge in [0.25, 0.3) is 5.56 Å². The molecule has 0 saturated carbocycles. The Bertz CT molecular complexity index is 1110. The van der Waals surface area contributed by atoms with Crippen LogP contribution < -0.4 is 11.3 Å².